The minimum Gasteiger partial charge on any atom is -0.382 e. The van der Waals surface area contributed by atoms with E-state index < -0.39 is 0 Å². The van der Waals surface area contributed by atoms with Gasteiger partial charge in [0.2, 0.25) is 0 Å². The first-order valence-corrected chi connectivity index (χ1v) is 6.08. The van der Waals surface area contributed by atoms with Gasteiger partial charge in [0, 0.05) is 26.7 Å². The molecule has 0 fully saturated rings. The third-order valence-corrected chi connectivity index (χ3v) is 2.45. The normalized spacial score (nSPS) is 11.0. The molecule has 0 aliphatic rings. The van der Waals surface area contributed by atoms with Crippen LogP contribution < -0.4 is 5.32 Å². The minimum absolute atomic E-state index is 0.655. The van der Waals surface area contributed by atoms with Crippen LogP contribution in [0.1, 0.15) is 18.3 Å². The Morgan fingerprint density at radius 3 is 2.88 bits per heavy atom. The summed E-state index contributed by atoms with van der Waals surface area (Å²) in [5.41, 5.74) is 2.29. The molecule has 0 aliphatic heterocycles. The van der Waals surface area contributed by atoms with Crippen LogP contribution in [0.5, 0.6) is 0 Å². The van der Waals surface area contributed by atoms with Gasteiger partial charge in [-0.15, -0.1) is 0 Å². The van der Waals surface area contributed by atoms with Gasteiger partial charge in [-0.1, -0.05) is 0 Å². The van der Waals surface area contributed by atoms with Gasteiger partial charge in [-0.2, -0.15) is 5.10 Å². The molecule has 0 saturated heterocycles. The van der Waals surface area contributed by atoms with Crippen LogP contribution in [0.15, 0.2) is 6.07 Å². The monoisotopic (exact) mass is 241 g/mol. The second-order valence-electron chi connectivity index (χ2n) is 3.87. The molecule has 0 unspecified atom stereocenters. The van der Waals surface area contributed by atoms with E-state index in [0.717, 1.165) is 25.3 Å². The van der Waals surface area contributed by atoms with Crippen molar-refractivity contribution >= 4 is 0 Å². The van der Waals surface area contributed by atoms with Gasteiger partial charge in [-0.3, -0.25) is 4.68 Å². The van der Waals surface area contributed by atoms with Crippen molar-refractivity contribution in [3.8, 4) is 0 Å². The van der Waals surface area contributed by atoms with Gasteiger partial charge >= 0.3 is 0 Å². The van der Waals surface area contributed by atoms with Crippen LogP contribution in [0.25, 0.3) is 0 Å². The molecule has 0 saturated carbocycles. The van der Waals surface area contributed by atoms with E-state index >= 15 is 0 Å². The van der Waals surface area contributed by atoms with Crippen molar-refractivity contribution in [2.24, 2.45) is 0 Å². The maximum Gasteiger partial charge on any atom is 0.0700 e. The van der Waals surface area contributed by atoms with Crippen molar-refractivity contribution in [3.05, 3.63) is 17.5 Å². The number of aromatic nitrogens is 2. The number of methoxy groups -OCH3 is 1. The molecular weight excluding hydrogens is 218 g/mol. The van der Waals surface area contributed by atoms with Crippen LogP contribution in [-0.4, -0.2) is 43.3 Å². The number of nitrogens with one attached hydrogen (secondary N) is 1. The topological polar surface area (TPSA) is 48.3 Å². The molecule has 0 spiro atoms. The number of hydrogen-bond donors (Lipinski definition) is 1. The van der Waals surface area contributed by atoms with E-state index in [9.17, 15) is 0 Å². The summed E-state index contributed by atoms with van der Waals surface area (Å²) in [5.74, 6) is 0. The second kappa shape index (κ2) is 8.22. The van der Waals surface area contributed by atoms with Crippen LogP contribution >= 0.6 is 0 Å². The standard InChI is InChI=1S/C12H23N3O2/c1-4-15-12(9-11(2)14-15)10-13-5-6-17-8-7-16-3/h9,13H,4-8,10H2,1-3H3. The van der Waals surface area contributed by atoms with Gasteiger partial charge < -0.3 is 14.8 Å². The van der Waals surface area contributed by atoms with Crippen molar-refractivity contribution in [1.29, 1.82) is 0 Å². The molecular formula is C12H23N3O2. The van der Waals surface area contributed by atoms with Gasteiger partial charge in [0.1, 0.15) is 0 Å². The Labute approximate surface area is 103 Å². The third kappa shape index (κ3) is 5.30. The summed E-state index contributed by atoms with van der Waals surface area (Å²) in [6.45, 7) is 8.73. The van der Waals surface area contributed by atoms with E-state index in [0.29, 0.717) is 19.8 Å². The lowest BCUT2D eigenvalue weighted by Gasteiger charge is -2.07. The summed E-state index contributed by atoms with van der Waals surface area (Å²) < 4.78 is 12.3. The highest BCUT2D eigenvalue weighted by molar-refractivity contribution is 5.08. The van der Waals surface area contributed by atoms with E-state index in [1.165, 1.54) is 5.69 Å². The zero-order valence-corrected chi connectivity index (χ0v) is 11.0. The summed E-state index contributed by atoms with van der Waals surface area (Å²) in [4.78, 5) is 0. The Kier molecular flexibility index (Phi) is 6.84. The molecule has 98 valence electrons. The number of ether oxygens (including phenoxy) is 2. The molecule has 0 atom stereocenters. The SMILES string of the molecule is CCn1nc(C)cc1CNCCOCCOC. The lowest BCUT2D eigenvalue weighted by atomic mass is 10.3. The van der Waals surface area contributed by atoms with E-state index in [1.54, 1.807) is 7.11 Å². The van der Waals surface area contributed by atoms with E-state index in [2.05, 4.69) is 23.4 Å². The van der Waals surface area contributed by atoms with E-state index in [1.807, 2.05) is 11.6 Å². The van der Waals surface area contributed by atoms with Crippen LogP contribution in [0, 0.1) is 6.92 Å². The average molecular weight is 241 g/mol. The number of aryl methyl sites for hydroxylation is 2. The fraction of sp³-hybridized carbons (Fsp3) is 0.750. The molecule has 5 heteroatoms. The first-order chi connectivity index (χ1) is 8.27. The zero-order chi connectivity index (χ0) is 12.5. The molecule has 17 heavy (non-hydrogen) atoms. The molecule has 1 heterocycles. The van der Waals surface area contributed by atoms with Crippen molar-refractivity contribution in [3.63, 3.8) is 0 Å². The Hall–Kier alpha value is -0.910. The van der Waals surface area contributed by atoms with Gasteiger partial charge in [0.05, 0.1) is 31.2 Å². The number of hydrogen-bond acceptors (Lipinski definition) is 4. The van der Waals surface area contributed by atoms with Crippen LogP contribution in [0.4, 0.5) is 0 Å². The van der Waals surface area contributed by atoms with Crippen LogP contribution in [0.2, 0.25) is 0 Å². The lowest BCUT2D eigenvalue weighted by Crippen LogP contribution is -2.21. The third-order valence-electron chi connectivity index (χ3n) is 2.45. The summed E-state index contributed by atoms with van der Waals surface area (Å²) in [5, 5.41) is 7.74. The molecule has 1 rings (SSSR count). The largest absolute Gasteiger partial charge is 0.382 e. The summed E-state index contributed by atoms with van der Waals surface area (Å²) in [6, 6.07) is 2.11. The second-order valence-corrected chi connectivity index (χ2v) is 3.87. The molecule has 0 bridgehead atoms. The molecule has 0 radical (unpaired) electrons. The predicted octanol–water partition coefficient (Wildman–Crippen LogP) is 0.964. The number of nitrogens with zero attached hydrogens (tertiary/aromatic N) is 2. The fourth-order valence-electron chi connectivity index (χ4n) is 1.62. The van der Waals surface area contributed by atoms with Gasteiger partial charge in [-0.05, 0) is 19.9 Å². The van der Waals surface area contributed by atoms with Gasteiger partial charge in [-0.25, -0.2) is 0 Å². The van der Waals surface area contributed by atoms with E-state index in [-0.39, 0.29) is 0 Å². The Bertz CT molecular complexity index is 313. The van der Waals surface area contributed by atoms with Crippen molar-refractivity contribution < 1.29 is 9.47 Å². The summed E-state index contributed by atoms with van der Waals surface area (Å²) in [7, 11) is 1.68. The highest BCUT2D eigenvalue weighted by Crippen LogP contribution is 2.02. The zero-order valence-electron chi connectivity index (χ0n) is 11.0. The summed E-state index contributed by atoms with van der Waals surface area (Å²) >= 11 is 0. The quantitative estimate of drug-likeness (QED) is 0.654. The first kappa shape index (κ1) is 14.2. The fourth-order valence-corrected chi connectivity index (χ4v) is 1.62. The molecule has 0 aliphatic carbocycles. The van der Waals surface area contributed by atoms with Crippen molar-refractivity contribution in [2.75, 3.05) is 33.5 Å². The Balaban J connectivity index is 2.13. The molecule has 1 N–H and O–H groups in total. The summed E-state index contributed by atoms with van der Waals surface area (Å²) in [6.07, 6.45) is 0. The van der Waals surface area contributed by atoms with Crippen molar-refractivity contribution in [1.82, 2.24) is 15.1 Å². The minimum atomic E-state index is 0.655. The smallest absolute Gasteiger partial charge is 0.0700 e. The highest BCUT2D eigenvalue weighted by Gasteiger charge is 2.02. The molecule has 0 aromatic carbocycles. The first-order valence-electron chi connectivity index (χ1n) is 6.08. The predicted molar refractivity (Wildman–Crippen MR) is 67.0 cm³/mol. The maximum atomic E-state index is 5.36. The molecule has 1 aromatic heterocycles. The average Bonchev–Trinajstić information content (AvgIpc) is 2.68. The molecule has 5 nitrogen and oxygen atoms in total. The number of rotatable bonds is 9. The van der Waals surface area contributed by atoms with Crippen LogP contribution in [-0.2, 0) is 22.6 Å². The maximum absolute atomic E-state index is 5.36. The van der Waals surface area contributed by atoms with Gasteiger partial charge in [0.25, 0.3) is 0 Å². The van der Waals surface area contributed by atoms with E-state index in [4.69, 9.17) is 9.47 Å². The van der Waals surface area contributed by atoms with Crippen LogP contribution in [0.3, 0.4) is 0 Å². The lowest BCUT2D eigenvalue weighted by molar-refractivity contribution is 0.0718. The molecule has 0 amide bonds. The Morgan fingerprint density at radius 2 is 2.18 bits per heavy atom. The molecule has 1 aromatic rings. The Morgan fingerprint density at radius 1 is 1.35 bits per heavy atom. The van der Waals surface area contributed by atoms with Crippen molar-refractivity contribution in [2.45, 2.75) is 26.9 Å². The van der Waals surface area contributed by atoms with Gasteiger partial charge in [0.15, 0.2) is 0 Å². The highest BCUT2D eigenvalue weighted by atomic mass is 16.5.